The Morgan fingerprint density at radius 2 is 1.72 bits per heavy atom. The molecule has 5 nitrogen and oxygen atoms in total. The van der Waals surface area contributed by atoms with E-state index in [1.165, 1.54) is 0 Å². The molecule has 0 aliphatic heterocycles. The number of carbonyl (C=O) groups excluding carboxylic acids is 1. The number of carbonyl (C=O) groups is 1. The molecule has 1 heterocycles. The standard InChI is InChI=1S/C27H25N3O2/c1-19-10-9-13-22(18-19)30-26(28-24-15-8-7-14-23(24)27(30)32)20(2)29(3)25(31)17-16-21-11-5-4-6-12-21/h4-18,20H,1-3H3/b17-16+. The van der Waals surface area contributed by atoms with Crippen molar-refractivity contribution in [2.45, 2.75) is 19.9 Å². The third-order valence-corrected chi connectivity index (χ3v) is 5.58. The first-order valence-corrected chi connectivity index (χ1v) is 10.5. The van der Waals surface area contributed by atoms with Gasteiger partial charge in [-0.05, 0) is 55.3 Å². The second kappa shape index (κ2) is 9.02. The SMILES string of the molecule is Cc1cccc(-n2c(C(C)N(C)C(=O)/C=C/c3ccccc3)nc3ccccc3c2=O)c1. The summed E-state index contributed by atoms with van der Waals surface area (Å²) in [7, 11) is 1.73. The third-order valence-electron chi connectivity index (χ3n) is 5.58. The van der Waals surface area contributed by atoms with Crippen molar-refractivity contribution in [3.05, 3.63) is 112 Å². The average molecular weight is 424 g/mol. The van der Waals surface area contributed by atoms with Crippen LogP contribution in [0.3, 0.4) is 0 Å². The molecule has 1 atom stereocenters. The van der Waals surface area contributed by atoms with Crippen molar-refractivity contribution in [1.29, 1.82) is 0 Å². The maximum atomic E-state index is 13.5. The molecule has 0 N–H and O–H groups in total. The number of nitrogens with zero attached hydrogens (tertiary/aromatic N) is 3. The van der Waals surface area contributed by atoms with Crippen LogP contribution in [0.15, 0.2) is 89.7 Å². The molecule has 4 rings (SSSR count). The Balaban J connectivity index is 1.78. The highest BCUT2D eigenvalue weighted by molar-refractivity contribution is 5.91. The largest absolute Gasteiger partial charge is 0.332 e. The number of fused-ring (bicyclic) bond motifs is 1. The molecule has 3 aromatic carbocycles. The summed E-state index contributed by atoms with van der Waals surface area (Å²) < 4.78 is 1.62. The van der Waals surface area contributed by atoms with Gasteiger partial charge in [-0.15, -0.1) is 0 Å². The lowest BCUT2D eigenvalue weighted by Crippen LogP contribution is -2.34. The highest BCUT2D eigenvalue weighted by Gasteiger charge is 2.23. The highest BCUT2D eigenvalue weighted by atomic mass is 16.2. The molecule has 4 aromatic rings. The van der Waals surface area contributed by atoms with E-state index in [0.717, 1.165) is 16.8 Å². The normalized spacial score (nSPS) is 12.2. The smallest absolute Gasteiger partial charge is 0.266 e. The van der Waals surface area contributed by atoms with Gasteiger partial charge in [0.15, 0.2) is 0 Å². The van der Waals surface area contributed by atoms with Gasteiger partial charge >= 0.3 is 0 Å². The number of hydrogen-bond acceptors (Lipinski definition) is 3. The van der Waals surface area contributed by atoms with Crippen molar-refractivity contribution >= 4 is 22.9 Å². The quantitative estimate of drug-likeness (QED) is 0.428. The molecular weight excluding hydrogens is 398 g/mol. The van der Waals surface area contributed by atoms with E-state index in [1.54, 1.807) is 34.7 Å². The first kappa shape index (κ1) is 21.2. The summed E-state index contributed by atoms with van der Waals surface area (Å²) >= 11 is 0. The second-order valence-electron chi connectivity index (χ2n) is 7.84. The number of likely N-dealkylation sites (N-methyl/N-ethyl adjacent to an activating group) is 1. The minimum atomic E-state index is -0.430. The molecule has 0 radical (unpaired) electrons. The number of rotatable bonds is 5. The van der Waals surface area contributed by atoms with Crippen LogP contribution in [0.1, 0.15) is 29.9 Å². The predicted molar refractivity (Wildman–Crippen MR) is 129 cm³/mol. The van der Waals surface area contributed by atoms with Crippen molar-refractivity contribution in [2.24, 2.45) is 0 Å². The van der Waals surface area contributed by atoms with Crippen molar-refractivity contribution < 1.29 is 4.79 Å². The van der Waals surface area contributed by atoms with Gasteiger partial charge in [-0.25, -0.2) is 4.98 Å². The molecule has 0 bridgehead atoms. The van der Waals surface area contributed by atoms with E-state index in [9.17, 15) is 9.59 Å². The van der Waals surface area contributed by atoms with E-state index in [4.69, 9.17) is 4.98 Å². The molecule has 0 aliphatic rings. The summed E-state index contributed by atoms with van der Waals surface area (Å²) in [6.07, 6.45) is 3.33. The number of para-hydroxylation sites is 1. The molecule has 0 saturated carbocycles. The Kier molecular flexibility index (Phi) is 5.99. The van der Waals surface area contributed by atoms with Gasteiger partial charge in [0.25, 0.3) is 5.56 Å². The third kappa shape index (κ3) is 4.23. The molecule has 0 aliphatic carbocycles. The fraction of sp³-hybridized carbons (Fsp3) is 0.148. The minimum Gasteiger partial charge on any atom is -0.332 e. The highest BCUT2D eigenvalue weighted by Crippen LogP contribution is 2.22. The molecule has 1 aromatic heterocycles. The van der Waals surface area contributed by atoms with Gasteiger partial charge < -0.3 is 4.90 Å². The lowest BCUT2D eigenvalue weighted by Gasteiger charge is -2.26. The number of hydrogen-bond donors (Lipinski definition) is 0. The summed E-state index contributed by atoms with van der Waals surface area (Å²) in [6, 6.07) is 24.3. The molecule has 0 spiro atoms. The van der Waals surface area contributed by atoms with Crippen molar-refractivity contribution in [3.63, 3.8) is 0 Å². The molecule has 160 valence electrons. The van der Waals surface area contributed by atoms with Gasteiger partial charge in [0.1, 0.15) is 5.82 Å². The molecule has 0 fully saturated rings. The topological polar surface area (TPSA) is 55.2 Å². The van der Waals surface area contributed by atoms with Gasteiger partial charge in [-0.1, -0.05) is 54.6 Å². The van der Waals surface area contributed by atoms with Crippen LogP contribution in [0.5, 0.6) is 0 Å². The van der Waals surface area contributed by atoms with Crippen LogP contribution in [0, 0.1) is 6.92 Å². The number of aromatic nitrogens is 2. The summed E-state index contributed by atoms with van der Waals surface area (Å²) in [6.45, 7) is 3.87. The molecule has 5 heteroatoms. The van der Waals surface area contributed by atoms with Crippen LogP contribution in [-0.2, 0) is 4.79 Å². The first-order valence-electron chi connectivity index (χ1n) is 10.5. The number of benzene rings is 3. The average Bonchev–Trinajstić information content (AvgIpc) is 2.82. The van der Waals surface area contributed by atoms with E-state index in [-0.39, 0.29) is 11.5 Å². The molecule has 32 heavy (non-hydrogen) atoms. The summed E-state index contributed by atoms with van der Waals surface area (Å²) in [5, 5.41) is 0.544. The Morgan fingerprint density at radius 1 is 1.00 bits per heavy atom. The van der Waals surface area contributed by atoms with Crippen LogP contribution < -0.4 is 5.56 Å². The number of aryl methyl sites for hydroxylation is 1. The van der Waals surface area contributed by atoms with E-state index in [1.807, 2.05) is 86.6 Å². The monoisotopic (exact) mass is 423 g/mol. The lowest BCUT2D eigenvalue weighted by atomic mass is 10.1. The van der Waals surface area contributed by atoms with Crippen LogP contribution in [-0.4, -0.2) is 27.4 Å². The van der Waals surface area contributed by atoms with Crippen LogP contribution in [0.2, 0.25) is 0 Å². The molecule has 0 saturated heterocycles. The zero-order valence-corrected chi connectivity index (χ0v) is 18.4. The Bertz CT molecular complexity index is 1360. The second-order valence-corrected chi connectivity index (χ2v) is 7.84. The van der Waals surface area contributed by atoms with Crippen molar-refractivity contribution in [1.82, 2.24) is 14.5 Å². The van der Waals surface area contributed by atoms with Gasteiger partial charge in [0, 0.05) is 13.1 Å². The van der Waals surface area contributed by atoms with Gasteiger partial charge in [-0.2, -0.15) is 0 Å². The van der Waals surface area contributed by atoms with E-state index in [2.05, 4.69) is 0 Å². The molecular formula is C27H25N3O2. The summed E-state index contributed by atoms with van der Waals surface area (Å²) in [5.74, 6) is 0.350. The lowest BCUT2D eigenvalue weighted by molar-refractivity contribution is -0.126. The maximum absolute atomic E-state index is 13.5. The fourth-order valence-corrected chi connectivity index (χ4v) is 3.66. The molecule has 1 amide bonds. The Labute approximate surface area is 187 Å². The van der Waals surface area contributed by atoms with Crippen molar-refractivity contribution in [3.8, 4) is 5.69 Å². The van der Waals surface area contributed by atoms with E-state index < -0.39 is 6.04 Å². The maximum Gasteiger partial charge on any atom is 0.266 e. The first-order chi connectivity index (χ1) is 15.5. The van der Waals surface area contributed by atoms with Crippen LogP contribution in [0.4, 0.5) is 0 Å². The Morgan fingerprint density at radius 3 is 2.47 bits per heavy atom. The van der Waals surface area contributed by atoms with Gasteiger partial charge in [0.05, 0.1) is 22.6 Å². The zero-order chi connectivity index (χ0) is 22.7. The zero-order valence-electron chi connectivity index (χ0n) is 18.4. The van der Waals surface area contributed by atoms with Crippen LogP contribution >= 0.6 is 0 Å². The van der Waals surface area contributed by atoms with E-state index in [0.29, 0.717) is 16.7 Å². The van der Waals surface area contributed by atoms with Gasteiger partial charge in [-0.3, -0.25) is 14.2 Å². The summed E-state index contributed by atoms with van der Waals surface area (Å²) in [5.41, 5.74) is 3.18. The predicted octanol–water partition coefficient (Wildman–Crippen LogP) is 4.93. The number of amides is 1. The fourth-order valence-electron chi connectivity index (χ4n) is 3.66. The summed E-state index contributed by atoms with van der Waals surface area (Å²) in [4.78, 5) is 32.8. The minimum absolute atomic E-state index is 0.149. The Hall–Kier alpha value is -3.99. The van der Waals surface area contributed by atoms with E-state index >= 15 is 0 Å². The van der Waals surface area contributed by atoms with Crippen molar-refractivity contribution in [2.75, 3.05) is 7.05 Å². The van der Waals surface area contributed by atoms with Gasteiger partial charge in [0.2, 0.25) is 5.91 Å². The van der Waals surface area contributed by atoms with Crippen LogP contribution in [0.25, 0.3) is 22.7 Å². The molecule has 1 unspecified atom stereocenters.